The highest BCUT2D eigenvalue weighted by Crippen LogP contribution is 2.32. The number of nitrogens with zero attached hydrogens (tertiary/aromatic N) is 4. The average Bonchev–Trinajstić information content (AvgIpc) is 3.20. The van der Waals surface area contributed by atoms with Crippen molar-refractivity contribution in [2.45, 2.75) is 25.4 Å². The first-order valence-corrected chi connectivity index (χ1v) is 7.66. The number of pyridine rings is 1. The molecule has 0 N–H and O–H groups in total. The van der Waals surface area contributed by atoms with Crippen molar-refractivity contribution in [1.82, 2.24) is 19.7 Å². The first kappa shape index (κ1) is 12.8. The summed E-state index contributed by atoms with van der Waals surface area (Å²) in [4.78, 5) is 6.64. The summed E-state index contributed by atoms with van der Waals surface area (Å²) in [7, 11) is 0. The van der Waals surface area contributed by atoms with Crippen molar-refractivity contribution in [3.05, 3.63) is 42.5 Å². The van der Waals surface area contributed by atoms with Crippen LogP contribution < -0.4 is 4.74 Å². The van der Waals surface area contributed by atoms with E-state index < -0.39 is 0 Å². The van der Waals surface area contributed by atoms with Crippen LogP contribution in [0.3, 0.4) is 0 Å². The molecule has 0 unspecified atom stereocenters. The number of aromatic nitrogens is 3. The van der Waals surface area contributed by atoms with E-state index in [1.54, 1.807) is 12.4 Å². The van der Waals surface area contributed by atoms with Crippen molar-refractivity contribution in [2.24, 2.45) is 5.92 Å². The molecule has 1 fully saturated rings. The van der Waals surface area contributed by atoms with Crippen LogP contribution in [0.25, 0.3) is 0 Å². The minimum absolute atomic E-state index is 0.280. The van der Waals surface area contributed by atoms with Gasteiger partial charge in [0.05, 0.1) is 17.9 Å². The van der Waals surface area contributed by atoms with Crippen LogP contribution >= 0.6 is 0 Å². The summed E-state index contributed by atoms with van der Waals surface area (Å²) in [5.74, 6) is 1.74. The highest BCUT2D eigenvalue weighted by atomic mass is 16.5. The lowest BCUT2D eigenvalue weighted by Gasteiger charge is -2.33. The van der Waals surface area contributed by atoms with E-state index in [2.05, 4.69) is 25.7 Å². The van der Waals surface area contributed by atoms with Crippen molar-refractivity contribution in [2.75, 3.05) is 19.7 Å². The number of ether oxygens (including phenoxy) is 1. The fourth-order valence-corrected chi connectivity index (χ4v) is 3.02. The second-order valence-corrected chi connectivity index (χ2v) is 6.06. The van der Waals surface area contributed by atoms with E-state index in [4.69, 9.17) is 4.74 Å². The van der Waals surface area contributed by atoms with E-state index in [9.17, 15) is 0 Å². The van der Waals surface area contributed by atoms with E-state index in [-0.39, 0.29) is 6.04 Å². The lowest BCUT2D eigenvalue weighted by Crippen LogP contribution is -2.40. The highest BCUT2D eigenvalue weighted by Gasteiger charge is 2.30. The fraction of sp³-hybridized carbons (Fsp3) is 0.500. The quantitative estimate of drug-likeness (QED) is 0.843. The van der Waals surface area contributed by atoms with Crippen LogP contribution in [0.5, 0.6) is 5.75 Å². The molecule has 2 aromatic rings. The van der Waals surface area contributed by atoms with Gasteiger partial charge in [-0.2, -0.15) is 5.10 Å². The number of hydrogen-bond donors (Lipinski definition) is 0. The van der Waals surface area contributed by atoms with Crippen molar-refractivity contribution in [1.29, 1.82) is 0 Å². The number of fused-ring (bicyclic) bond motifs is 1. The molecule has 1 aliphatic heterocycles. The number of hydrogen-bond acceptors (Lipinski definition) is 4. The summed E-state index contributed by atoms with van der Waals surface area (Å²) >= 11 is 0. The SMILES string of the molecule is c1cncc(OC[C@@H]2CN(CC3CC3)Cc3ccnn32)c1. The van der Waals surface area contributed by atoms with E-state index in [0.29, 0.717) is 6.61 Å². The predicted octanol–water partition coefficient (Wildman–Crippen LogP) is 2.12. The molecule has 3 heterocycles. The molecule has 5 nitrogen and oxygen atoms in total. The summed E-state index contributed by atoms with van der Waals surface area (Å²) < 4.78 is 8.02. The Morgan fingerprint density at radius 2 is 2.19 bits per heavy atom. The van der Waals surface area contributed by atoms with Crippen LogP contribution in [0.15, 0.2) is 36.8 Å². The Morgan fingerprint density at radius 1 is 1.24 bits per heavy atom. The molecule has 1 saturated carbocycles. The molecule has 0 saturated heterocycles. The van der Waals surface area contributed by atoms with Gasteiger partial charge in [0.25, 0.3) is 0 Å². The maximum Gasteiger partial charge on any atom is 0.137 e. The van der Waals surface area contributed by atoms with Gasteiger partial charge >= 0.3 is 0 Å². The van der Waals surface area contributed by atoms with Crippen LogP contribution in [0, 0.1) is 5.92 Å². The maximum atomic E-state index is 5.89. The fourth-order valence-electron chi connectivity index (χ4n) is 3.02. The number of rotatable bonds is 5. The van der Waals surface area contributed by atoms with Crippen molar-refractivity contribution in [3.8, 4) is 5.75 Å². The largest absolute Gasteiger partial charge is 0.490 e. The molecule has 1 aliphatic carbocycles. The zero-order chi connectivity index (χ0) is 14.1. The molecule has 21 heavy (non-hydrogen) atoms. The molecule has 1 atom stereocenters. The Morgan fingerprint density at radius 3 is 3.00 bits per heavy atom. The Bertz CT molecular complexity index is 593. The molecule has 0 amide bonds. The van der Waals surface area contributed by atoms with Gasteiger partial charge in [-0.3, -0.25) is 14.6 Å². The maximum absolute atomic E-state index is 5.89. The molecule has 0 aromatic carbocycles. The summed E-state index contributed by atoms with van der Waals surface area (Å²) in [5, 5.41) is 4.47. The zero-order valence-corrected chi connectivity index (χ0v) is 12.1. The van der Waals surface area contributed by atoms with Crippen LogP contribution in [0.2, 0.25) is 0 Å². The third-order valence-corrected chi connectivity index (χ3v) is 4.24. The summed E-state index contributed by atoms with van der Waals surface area (Å²) in [5.41, 5.74) is 1.29. The van der Waals surface area contributed by atoms with Gasteiger partial charge in [-0.25, -0.2) is 0 Å². The third-order valence-electron chi connectivity index (χ3n) is 4.24. The molecule has 110 valence electrons. The van der Waals surface area contributed by atoms with Gasteiger partial charge in [0.1, 0.15) is 12.4 Å². The molecule has 0 bridgehead atoms. The Labute approximate surface area is 124 Å². The van der Waals surface area contributed by atoms with Crippen LogP contribution in [-0.4, -0.2) is 39.4 Å². The van der Waals surface area contributed by atoms with Gasteiger partial charge in [0.15, 0.2) is 0 Å². The van der Waals surface area contributed by atoms with Gasteiger partial charge in [-0.15, -0.1) is 0 Å². The van der Waals surface area contributed by atoms with Crippen molar-refractivity contribution < 1.29 is 4.74 Å². The van der Waals surface area contributed by atoms with E-state index >= 15 is 0 Å². The first-order chi connectivity index (χ1) is 10.4. The Balaban J connectivity index is 1.45. The molecule has 5 heteroatoms. The van der Waals surface area contributed by atoms with Crippen molar-refractivity contribution in [3.63, 3.8) is 0 Å². The van der Waals surface area contributed by atoms with Gasteiger partial charge < -0.3 is 4.74 Å². The van der Waals surface area contributed by atoms with E-state index in [0.717, 1.165) is 24.8 Å². The van der Waals surface area contributed by atoms with Crippen LogP contribution in [-0.2, 0) is 6.54 Å². The van der Waals surface area contributed by atoms with Gasteiger partial charge in [-0.05, 0) is 37.0 Å². The third kappa shape index (κ3) is 2.93. The topological polar surface area (TPSA) is 43.2 Å². The molecular formula is C16H20N4O. The normalized spacial score (nSPS) is 22.0. The second kappa shape index (κ2) is 5.48. The zero-order valence-electron chi connectivity index (χ0n) is 12.1. The first-order valence-electron chi connectivity index (χ1n) is 7.66. The predicted molar refractivity (Wildman–Crippen MR) is 79.0 cm³/mol. The van der Waals surface area contributed by atoms with Gasteiger partial charge in [0, 0.05) is 32.0 Å². The van der Waals surface area contributed by atoms with Gasteiger partial charge in [0.2, 0.25) is 0 Å². The average molecular weight is 284 g/mol. The monoisotopic (exact) mass is 284 g/mol. The Hall–Kier alpha value is -1.88. The molecule has 2 aromatic heterocycles. The molecule has 0 radical (unpaired) electrons. The lowest BCUT2D eigenvalue weighted by molar-refractivity contribution is 0.128. The molecule has 2 aliphatic rings. The summed E-state index contributed by atoms with van der Waals surface area (Å²) in [6, 6.07) is 6.25. The second-order valence-electron chi connectivity index (χ2n) is 6.06. The van der Waals surface area contributed by atoms with Crippen LogP contribution in [0.4, 0.5) is 0 Å². The van der Waals surface area contributed by atoms with Gasteiger partial charge in [-0.1, -0.05) is 0 Å². The lowest BCUT2D eigenvalue weighted by atomic mass is 10.2. The summed E-state index contributed by atoms with van der Waals surface area (Å²) in [6.07, 6.45) is 8.21. The molecule has 0 spiro atoms. The van der Waals surface area contributed by atoms with Crippen molar-refractivity contribution >= 4 is 0 Å². The minimum atomic E-state index is 0.280. The van der Waals surface area contributed by atoms with E-state index in [1.165, 1.54) is 25.1 Å². The Kier molecular flexibility index (Phi) is 3.35. The minimum Gasteiger partial charge on any atom is -0.490 e. The molecule has 4 rings (SSSR count). The highest BCUT2D eigenvalue weighted by molar-refractivity contribution is 5.15. The smallest absolute Gasteiger partial charge is 0.137 e. The standard InChI is InChI=1S/C16H20N4O/c1-2-16(8-17-6-1)21-12-15-11-19(9-13-3-4-13)10-14-5-7-18-20(14)15/h1-2,5-8,13,15H,3-4,9-12H2/t15-/m0/s1. The van der Waals surface area contributed by atoms with Crippen LogP contribution in [0.1, 0.15) is 24.6 Å². The van der Waals surface area contributed by atoms with E-state index in [1.807, 2.05) is 18.3 Å². The summed E-state index contributed by atoms with van der Waals surface area (Å²) in [6.45, 7) is 3.89. The molecular weight excluding hydrogens is 264 g/mol.